The summed E-state index contributed by atoms with van der Waals surface area (Å²) in [6.45, 7) is 0.924. The van der Waals surface area contributed by atoms with Crippen LogP contribution in [-0.2, 0) is 24.5 Å². The lowest BCUT2D eigenvalue weighted by Gasteiger charge is -2.46. The number of cyclic esters (lactones) is 1. The van der Waals surface area contributed by atoms with Crippen LogP contribution in [0.15, 0.2) is 103 Å². The van der Waals surface area contributed by atoms with Gasteiger partial charge in [0.05, 0.1) is 24.6 Å². The standard InChI is InChI=1S/C51H55N3O7/c55-31-32-60-39-22-16-21-38(34-39)46-51(40-33-35(23-24-41(40)52-49(51)58)25-28-50(59)26-12-2-3-13-27-50)42(47(56)53-29-14-4-1-5-15-30-53)44-48(57)61-45(37-19-10-7-11-20-37)43(54(44)46)36-17-8-6-9-18-36/h6-11,16-24,33-34,42-46,55,59H,1-5,12-15,26-27,29-32H2,(H,52,58)/t42-,43-,44-,45+,46+,51-/m1/s1. The molecule has 4 aromatic carbocycles. The SMILES string of the molecule is O=C1O[C@@H](c2ccccc2)[C@@H](c2ccccc2)N2[C@@H](c3cccc(OCCO)c3)[C@]3(C(=O)Nc4ccc(C#CC5(O)CCCCCC5)cc43)[C@@H](C(=O)N3CCCCCCC3)[C@H]12. The monoisotopic (exact) mass is 821 g/mol. The average Bonchev–Trinajstić information content (AvgIpc) is 3.64. The van der Waals surface area contributed by atoms with Crippen LogP contribution in [0.5, 0.6) is 5.75 Å². The minimum absolute atomic E-state index is 0.0639. The highest BCUT2D eigenvalue weighted by atomic mass is 16.6. The van der Waals surface area contributed by atoms with E-state index in [1.165, 1.54) is 0 Å². The van der Waals surface area contributed by atoms with Gasteiger partial charge in [-0.15, -0.1) is 0 Å². The van der Waals surface area contributed by atoms with Crippen molar-refractivity contribution in [2.24, 2.45) is 5.92 Å². The predicted octanol–water partition coefficient (Wildman–Crippen LogP) is 7.56. The molecule has 1 aliphatic carbocycles. The first-order chi connectivity index (χ1) is 29.8. The molecule has 9 rings (SSSR count). The molecule has 61 heavy (non-hydrogen) atoms. The number of anilines is 1. The van der Waals surface area contributed by atoms with Crippen LogP contribution in [0, 0.1) is 17.8 Å². The fraction of sp³-hybridized carbons (Fsp3) is 0.431. The van der Waals surface area contributed by atoms with Crippen LogP contribution in [0.25, 0.3) is 0 Å². The maximum atomic E-state index is 15.9. The zero-order valence-electron chi connectivity index (χ0n) is 34.6. The number of amides is 2. The van der Waals surface area contributed by atoms with E-state index in [2.05, 4.69) is 22.1 Å². The minimum atomic E-state index is -1.65. The van der Waals surface area contributed by atoms with E-state index in [1.807, 2.05) is 108 Å². The van der Waals surface area contributed by atoms with E-state index in [1.54, 1.807) is 0 Å². The van der Waals surface area contributed by atoms with Crippen molar-refractivity contribution in [2.75, 3.05) is 31.6 Å². The molecule has 0 aromatic heterocycles. The van der Waals surface area contributed by atoms with Crippen LogP contribution < -0.4 is 10.1 Å². The number of hydrogen-bond donors (Lipinski definition) is 3. The van der Waals surface area contributed by atoms with E-state index >= 15 is 14.4 Å². The van der Waals surface area contributed by atoms with E-state index in [0.717, 1.165) is 68.9 Å². The van der Waals surface area contributed by atoms with Crippen molar-refractivity contribution in [2.45, 2.75) is 106 Å². The summed E-state index contributed by atoms with van der Waals surface area (Å²) in [5, 5.41) is 24.5. The summed E-state index contributed by atoms with van der Waals surface area (Å²) in [4.78, 5) is 50.8. The third kappa shape index (κ3) is 7.62. The first kappa shape index (κ1) is 40.9. The van der Waals surface area contributed by atoms with Gasteiger partial charge in [-0.3, -0.25) is 19.3 Å². The summed E-state index contributed by atoms with van der Waals surface area (Å²) in [6, 6.07) is 30.0. The Morgan fingerprint density at radius 1 is 0.770 bits per heavy atom. The molecule has 4 aliphatic heterocycles. The number of aliphatic hydroxyl groups is 2. The summed E-state index contributed by atoms with van der Waals surface area (Å²) >= 11 is 0. The van der Waals surface area contributed by atoms with Crippen LogP contribution in [0.1, 0.15) is 117 Å². The van der Waals surface area contributed by atoms with Gasteiger partial charge in [-0.25, -0.2) is 0 Å². The quantitative estimate of drug-likeness (QED) is 0.0991. The zero-order valence-corrected chi connectivity index (χ0v) is 34.6. The molecule has 10 heteroatoms. The van der Waals surface area contributed by atoms with Crippen molar-refractivity contribution >= 4 is 23.5 Å². The summed E-state index contributed by atoms with van der Waals surface area (Å²) in [6.07, 6.45) is 9.09. The number of ether oxygens (including phenoxy) is 2. The molecule has 2 amide bonds. The number of morpholine rings is 1. The highest BCUT2D eigenvalue weighted by Gasteiger charge is 2.74. The van der Waals surface area contributed by atoms with E-state index < -0.39 is 47.1 Å². The second-order valence-corrected chi connectivity index (χ2v) is 17.4. The predicted molar refractivity (Wildman–Crippen MR) is 231 cm³/mol. The fourth-order valence-corrected chi connectivity index (χ4v) is 10.9. The van der Waals surface area contributed by atoms with Crippen molar-refractivity contribution in [1.82, 2.24) is 9.80 Å². The Labute approximate surface area is 358 Å². The molecule has 6 atom stereocenters. The van der Waals surface area contributed by atoms with Crippen molar-refractivity contribution in [3.05, 3.63) is 131 Å². The molecule has 1 saturated carbocycles. The minimum Gasteiger partial charge on any atom is -0.491 e. The molecule has 0 radical (unpaired) electrons. The van der Waals surface area contributed by atoms with Gasteiger partial charge in [-0.05, 0) is 91.1 Å². The molecule has 10 nitrogen and oxygen atoms in total. The topological polar surface area (TPSA) is 129 Å². The number of aliphatic hydroxyl groups excluding tert-OH is 1. The Kier molecular flexibility index (Phi) is 11.7. The van der Waals surface area contributed by atoms with Crippen molar-refractivity contribution in [3.63, 3.8) is 0 Å². The molecular weight excluding hydrogens is 767 g/mol. The van der Waals surface area contributed by atoms with Crippen LogP contribution in [0.2, 0.25) is 0 Å². The Balaban J connectivity index is 1.31. The van der Waals surface area contributed by atoms with E-state index in [4.69, 9.17) is 9.47 Å². The number of rotatable bonds is 7. The summed E-state index contributed by atoms with van der Waals surface area (Å²) in [5.41, 5.74) is 1.32. The Morgan fingerprint density at radius 3 is 2.13 bits per heavy atom. The van der Waals surface area contributed by atoms with E-state index in [0.29, 0.717) is 54.1 Å². The van der Waals surface area contributed by atoms with Gasteiger partial charge in [0, 0.05) is 24.3 Å². The van der Waals surface area contributed by atoms with Gasteiger partial charge >= 0.3 is 5.97 Å². The van der Waals surface area contributed by atoms with E-state index in [9.17, 15) is 10.2 Å². The first-order valence-corrected chi connectivity index (χ1v) is 22.2. The lowest BCUT2D eigenvalue weighted by molar-refractivity contribution is -0.179. The largest absolute Gasteiger partial charge is 0.491 e. The molecule has 0 unspecified atom stereocenters. The maximum Gasteiger partial charge on any atom is 0.324 e. The molecule has 4 aromatic rings. The lowest BCUT2D eigenvalue weighted by atomic mass is 9.65. The summed E-state index contributed by atoms with van der Waals surface area (Å²) in [7, 11) is 0. The smallest absolute Gasteiger partial charge is 0.324 e. The molecule has 4 heterocycles. The Hall–Kier alpha value is -5.47. The molecule has 4 fully saturated rings. The number of esters is 1. The summed E-state index contributed by atoms with van der Waals surface area (Å²) < 4.78 is 12.6. The van der Waals surface area contributed by atoms with E-state index in [-0.39, 0.29) is 25.0 Å². The second-order valence-electron chi connectivity index (χ2n) is 17.4. The van der Waals surface area contributed by atoms with Crippen LogP contribution >= 0.6 is 0 Å². The first-order valence-electron chi connectivity index (χ1n) is 22.2. The van der Waals surface area contributed by atoms with Gasteiger partial charge in [0.15, 0.2) is 0 Å². The number of nitrogens with one attached hydrogen (secondary N) is 1. The van der Waals surface area contributed by atoms with Crippen molar-refractivity contribution in [3.8, 4) is 17.6 Å². The molecule has 316 valence electrons. The van der Waals surface area contributed by atoms with Crippen LogP contribution in [-0.4, -0.2) is 75.7 Å². The molecule has 5 aliphatic rings. The molecule has 0 bridgehead atoms. The van der Waals surface area contributed by atoms with Crippen LogP contribution in [0.4, 0.5) is 5.69 Å². The third-order valence-corrected chi connectivity index (χ3v) is 13.6. The number of benzene rings is 4. The lowest BCUT2D eigenvalue weighted by Crippen LogP contribution is -2.55. The zero-order chi connectivity index (χ0) is 42.0. The van der Waals surface area contributed by atoms with Gasteiger partial charge in [0.1, 0.15) is 35.5 Å². The van der Waals surface area contributed by atoms with Crippen molar-refractivity contribution in [1.29, 1.82) is 0 Å². The third-order valence-electron chi connectivity index (χ3n) is 13.6. The number of hydrogen-bond acceptors (Lipinski definition) is 8. The number of likely N-dealkylation sites (tertiary alicyclic amines) is 1. The van der Waals surface area contributed by atoms with Gasteiger partial charge in [0.25, 0.3) is 0 Å². The van der Waals surface area contributed by atoms with Gasteiger partial charge in [0.2, 0.25) is 11.8 Å². The average molecular weight is 822 g/mol. The summed E-state index contributed by atoms with van der Waals surface area (Å²) in [5.74, 6) is 4.62. The molecule has 3 saturated heterocycles. The highest BCUT2D eigenvalue weighted by molar-refractivity contribution is 6.12. The number of carbonyl (C=O) groups is 3. The van der Waals surface area contributed by atoms with Gasteiger partial charge in [-0.1, -0.05) is 117 Å². The van der Waals surface area contributed by atoms with Gasteiger partial charge < -0.3 is 29.9 Å². The number of carbonyl (C=O) groups excluding carboxylic acids is 3. The van der Waals surface area contributed by atoms with Crippen LogP contribution in [0.3, 0.4) is 0 Å². The number of nitrogens with zero attached hydrogens (tertiary/aromatic N) is 2. The second kappa shape index (κ2) is 17.5. The van der Waals surface area contributed by atoms with Gasteiger partial charge in [-0.2, -0.15) is 0 Å². The molecule has 1 spiro atoms. The number of fused-ring (bicyclic) bond motifs is 3. The fourth-order valence-electron chi connectivity index (χ4n) is 10.9. The normalized spacial score (nSPS) is 27.3. The molecular formula is C51H55N3O7. The molecule has 3 N–H and O–H groups in total. The Morgan fingerprint density at radius 2 is 1.43 bits per heavy atom. The maximum absolute atomic E-state index is 15.9. The Bertz CT molecular complexity index is 2290. The van der Waals surface area contributed by atoms with Crippen molar-refractivity contribution < 1.29 is 34.1 Å². The highest BCUT2D eigenvalue weighted by Crippen LogP contribution is 2.65.